The Morgan fingerprint density at radius 1 is 1.06 bits per heavy atom. The van der Waals surface area contributed by atoms with Gasteiger partial charge in [0.15, 0.2) is 5.78 Å². The summed E-state index contributed by atoms with van der Waals surface area (Å²) in [5.41, 5.74) is -0.748. The van der Waals surface area contributed by atoms with Gasteiger partial charge in [-0.1, -0.05) is 55.4 Å². The van der Waals surface area contributed by atoms with Crippen molar-refractivity contribution in [3.05, 3.63) is 11.6 Å². The molecule has 10 heteroatoms. The molecule has 1 spiro atoms. The van der Waals surface area contributed by atoms with E-state index >= 15 is 0 Å². The number of nitrogens with zero attached hydrogens (tertiary/aromatic N) is 2. The quantitative estimate of drug-likeness (QED) is 0.402. The SMILES string of the molecule is CCON1C(=O)CC12C(C#N)=CC(=O)C1O[Si](C(C)C)(C(C)C)O[Si](C(C)C)(C(C)C)OC12. The molecule has 33 heavy (non-hydrogen) atoms. The Morgan fingerprint density at radius 3 is 2.00 bits per heavy atom. The van der Waals surface area contributed by atoms with Crippen molar-refractivity contribution >= 4 is 28.8 Å². The molecular formula is C23H38N2O6Si2. The predicted molar refractivity (Wildman–Crippen MR) is 127 cm³/mol. The van der Waals surface area contributed by atoms with E-state index in [-0.39, 0.29) is 52.5 Å². The molecule has 3 rings (SSSR count). The van der Waals surface area contributed by atoms with E-state index in [9.17, 15) is 14.9 Å². The average molecular weight is 495 g/mol. The predicted octanol–water partition coefficient (Wildman–Crippen LogP) is 4.27. The molecule has 0 radical (unpaired) electrons. The molecular weight excluding hydrogens is 456 g/mol. The molecule has 0 aromatic carbocycles. The minimum absolute atomic E-state index is 0.0305. The Bertz CT molecular complexity index is 865. The zero-order valence-electron chi connectivity index (χ0n) is 21.3. The maximum Gasteiger partial charge on any atom is 0.335 e. The summed E-state index contributed by atoms with van der Waals surface area (Å²) in [6.07, 6.45) is -0.469. The van der Waals surface area contributed by atoms with Gasteiger partial charge >= 0.3 is 17.1 Å². The van der Waals surface area contributed by atoms with Crippen LogP contribution in [0.4, 0.5) is 0 Å². The zero-order chi connectivity index (χ0) is 24.9. The summed E-state index contributed by atoms with van der Waals surface area (Å²) in [4.78, 5) is 31.8. The van der Waals surface area contributed by atoms with Crippen molar-refractivity contribution in [3.63, 3.8) is 0 Å². The summed E-state index contributed by atoms with van der Waals surface area (Å²) in [6.45, 7) is 18.8. The van der Waals surface area contributed by atoms with Crippen molar-refractivity contribution in [2.75, 3.05) is 6.61 Å². The van der Waals surface area contributed by atoms with Crippen molar-refractivity contribution in [2.24, 2.45) is 0 Å². The van der Waals surface area contributed by atoms with E-state index in [0.29, 0.717) is 0 Å². The summed E-state index contributed by atoms with van der Waals surface area (Å²) in [5.74, 6) is -0.547. The maximum absolute atomic E-state index is 13.4. The Kier molecular flexibility index (Phi) is 7.17. The summed E-state index contributed by atoms with van der Waals surface area (Å²) in [6, 6.07) is 2.16. The van der Waals surface area contributed by atoms with Crippen LogP contribution in [0.15, 0.2) is 11.6 Å². The van der Waals surface area contributed by atoms with Crippen molar-refractivity contribution in [2.45, 2.75) is 109 Å². The number of hydroxylamine groups is 2. The molecule has 2 fully saturated rings. The second-order valence-corrected chi connectivity index (χ2v) is 19.3. The average Bonchev–Trinajstić information content (AvgIpc) is 2.91. The van der Waals surface area contributed by atoms with Crippen LogP contribution in [0.25, 0.3) is 0 Å². The second kappa shape index (κ2) is 9.02. The lowest BCUT2D eigenvalue weighted by molar-refractivity contribution is -0.267. The van der Waals surface area contributed by atoms with Crippen LogP contribution in [0.1, 0.15) is 68.7 Å². The summed E-state index contributed by atoms with van der Waals surface area (Å²) in [7, 11) is -6.00. The van der Waals surface area contributed by atoms with Gasteiger partial charge in [-0.2, -0.15) is 5.26 Å². The summed E-state index contributed by atoms with van der Waals surface area (Å²) < 4.78 is 21.0. The van der Waals surface area contributed by atoms with Crippen LogP contribution < -0.4 is 0 Å². The monoisotopic (exact) mass is 494 g/mol. The van der Waals surface area contributed by atoms with E-state index < -0.39 is 34.9 Å². The maximum atomic E-state index is 13.4. The topological polar surface area (TPSA) is 98.1 Å². The highest BCUT2D eigenvalue weighted by atomic mass is 28.5. The number of fused-ring (bicyclic) bond motifs is 2. The van der Waals surface area contributed by atoms with Gasteiger partial charge in [-0.05, 0) is 29.1 Å². The molecule has 1 aliphatic carbocycles. The van der Waals surface area contributed by atoms with Gasteiger partial charge < -0.3 is 13.0 Å². The number of ketones is 1. The highest BCUT2D eigenvalue weighted by Crippen LogP contribution is 2.54. The third-order valence-electron chi connectivity index (χ3n) is 7.33. The first-order valence-electron chi connectivity index (χ1n) is 12.0. The van der Waals surface area contributed by atoms with Crippen molar-refractivity contribution < 1.29 is 27.4 Å². The number of carbonyl (C=O) groups excluding carboxylic acids is 2. The molecule has 8 nitrogen and oxygen atoms in total. The lowest BCUT2D eigenvalue weighted by Gasteiger charge is -2.57. The number of nitriles is 1. The van der Waals surface area contributed by atoms with Gasteiger partial charge in [0.2, 0.25) is 5.91 Å². The number of β-lactam (4-membered cyclic amide) rings is 1. The largest absolute Gasteiger partial charge is 0.414 e. The smallest absolute Gasteiger partial charge is 0.335 e. The van der Waals surface area contributed by atoms with E-state index in [1.165, 1.54) is 11.1 Å². The first kappa shape index (κ1) is 26.3. The third-order valence-corrected chi connectivity index (χ3v) is 17.6. The second-order valence-electron chi connectivity index (χ2n) is 10.5. The van der Waals surface area contributed by atoms with Gasteiger partial charge in [0.1, 0.15) is 17.7 Å². The van der Waals surface area contributed by atoms with Crippen molar-refractivity contribution in [3.8, 4) is 6.07 Å². The highest BCUT2D eigenvalue weighted by molar-refractivity contribution is 6.84. The number of hydrogen-bond acceptors (Lipinski definition) is 7. The first-order valence-corrected chi connectivity index (χ1v) is 16.0. The first-order chi connectivity index (χ1) is 15.3. The third kappa shape index (κ3) is 3.68. The van der Waals surface area contributed by atoms with Crippen LogP contribution in [0.2, 0.25) is 22.2 Å². The van der Waals surface area contributed by atoms with Crippen LogP contribution in [0.5, 0.6) is 0 Å². The Morgan fingerprint density at radius 2 is 1.58 bits per heavy atom. The number of amides is 1. The lowest BCUT2D eigenvalue weighted by Crippen LogP contribution is -2.75. The van der Waals surface area contributed by atoms with Crippen LogP contribution in [0, 0.1) is 11.3 Å². The number of hydrogen-bond donors (Lipinski definition) is 0. The van der Waals surface area contributed by atoms with E-state index in [1.54, 1.807) is 6.92 Å². The zero-order valence-corrected chi connectivity index (χ0v) is 23.3. The van der Waals surface area contributed by atoms with E-state index in [4.69, 9.17) is 17.8 Å². The van der Waals surface area contributed by atoms with E-state index in [2.05, 4.69) is 61.5 Å². The molecule has 3 unspecified atom stereocenters. The van der Waals surface area contributed by atoms with E-state index in [0.717, 1.165) is 0 Å². The molecule has 1 amide bonds. The Balaban J connectivity index is 2.30. The van der Waals surface area contributed by atoms with Crippen LogP contribution in [-0.2, 0) is 27.4 Å². The van der Waals surface area contributed by atoms with Gasteiger partial charge in [0.25, 0.3) is 0 Å². The van der Waals surface area contributed by atoms with Crippen molar-refractivity contribution in [1.82, 2.24) is 5.06 Å². The van der Waals surface area contributed by atoms with Crippen LogP contribution >= 0.6 is 0 Å². The normalized spacial score (nSPS) is 31.0. The van der Waals surface area contributed by atoms with Gasteiger partial charge in [0, 0.05) is 6.08 Å². The Hall–Kier alpha value is -1.36. The molecule has 0 aromatic heterocycles. The van der Waals surface area contributed by atoms with Crippen LogP contribution in [0.3, 0.4) is 0 Å². The molecule has 184 valence electrons. The number of rotatable bonds is 6. The summed E-state index contributed by atoms with van der Waals surface area (Å²) in [5, 5.41) is 11.2. The van der Waals surface area contributed by atoms with Gasteiger partial charge in [-0.3, -0.25) is 14.4 Å². The number of carbonyl (C=O) groups is 2. The fraction of sp³-hybridized carbons (Fsp3) is 0.783. The highest BCUT2D eigenvalue weighted by Gasteiger charge is 2.71. The molecule has 0 saturated carbocycles. The molecule has 3 aliphatic rings. The molecule has 2 aliphatic heterocycles. The van der Waals surface area contributed by atoms with Crippen LogP contribution in [-0.4, -0.2) is 58.2 Å². The lowest BCUT2D eigenvalue weighted by atomic mass is 9.69. The molecule has 0 bridgehead atoms. The standard InChI is InChI=1S/C23H38N2O6Si2/c1-10-28-25-20(27)12-23(25)18(13-24)11-19(26)21-22(23)30-33(16(6)7,17(8)9)31-32(29-21,14(2)3)15(4)5/h11,14-17,21-22H,10,12H2,1-9H3. The van der Waals surface area contributed by atoms with Gasteiger partial charge in [-0.15, -0.1) is 0 Å². The molecule has 0 N–H and O–H groups in total. The fourth-order valence-corrected chi connectivity index (χ4v) is 16.9. The minimum atomic E-state index is -3.02. The summed E-state index contributed by atoms with van der Waals surface area (Å²) >= 11 is 0. The van der Waals surface area contributed by atoms with Gasteiger partial charge in [-0.25, -0.2) is 5.06 Å². The molecule has 3 atom stereocenters. The molecule has 2 heterocycles. The fourth-order valence-electron chi connectivity index (χ4n) is 5.60. The minimum Gasteiger partial charge on any atom is -0.414 e. The van der Waals surface area contributed by atoms with Gasteiger partial charge in [0.05, 0.1) is 24.7 Å². The Labute approximate surface area is 199 Å². The van der Waals surface area contributed by atoms with Crippen molar-refractivity contribution in [1.29, 1.82) is 5.26 Å². The van der Waals surface area contributed by atoms with E-state index in [1.807, 2.05) is 0 Å². The molecule has 2 saturated heterocycles. The molecule has 0 aromatic rings.